The van der Waals surface area contributed by atoms with E-state index in [1.54, 1.807) is 23.1 Å². The van der Waals surface area contributed by atoms with Gasteiger partial charge in [-0.05, 0) is 25.5 Å². The summed E-state index contributed by atoms with van der Waals surface area (Å²) in [4.78, 5) is 4.42. The second-order valence-corrected chi connectivity index (χ2v) is 6.13. The first-order valence-electron chi connectivity index (χ1n) is 4.70. The van der Waals surface area contributed by atoms with E-state index in [0.717, 1.165) is 29.3 Å². The van der Waals surface area contributed by atoms with Gasteiger partial charge in [-0.2, -0.15) is 5.26 Å². The van der Waals surface area contributed by atoms with Crippen LogP contribution in [0.25, 0.3) is 0 Å². The summed E-state index contributed by atoms with van der Waals surface area (Å²) in [6, 6.07) is 2.46. The van der Waals surface area contributed by atoms with Gasteiger partial charge >= 0.3 is 0 Å². The van der Waals surface area contributed by atoms with E-state index in [1.165, 1.54) is 6.42 Å². The molecule has 14 heavy (non-hydrogen) atoms. The van der Waals surface area contributed by atoms with Gasteiger partial charge in [0.15, 0.2) is 0 Å². The van der Waals surface area contributed by atoms with Crippen LogP contribution in [-0.4, -0.2) is 15.5 Å². The minimum Gasteiger partial charge on any atom is -0.247 e. The predicted molar refractivity (Wildman–Crippen MR) is 60.6 cm³/mol. The molecule has 4 heteroatoms. The van der Waals surface area contributed by atoms with Gasteiger partial charge in [0.25, 0.3) is 0 Å². The minimum absolute atomic E-state index is 0.180. The number of aromatic nitrogens is 1. The maximum Gasteiger partial charge on any atom is 0.108 e. The normalized spacial score (nSPS) is 26.3. The van der Waals surface area contributed by atoms with Crippen LogP contribution in [0.4, 0.5) is 0 Å². The molecule has 1 aliphatic heterocycles. The van der Waals surface area contributed by atoms with Crippen LogP contribution in [0.15, 0.2) is 5.38 Å². The summed E-state index contributed by atoms with van der Waals surface area (Å²) in [5.74, 6) is 1.12. The van der Waals surface area contributed by atoms with Crippen LogP contribution in [0.5, 0.6) is 0 Å². The molecule has 1 aromatic rings. The highest BCUT2D eigenvalue weighted by Gasteiger charge is 2.35. The van der Waals surface area contributed by atoms with Gasteiger partial charge < -0.3 is 0 Å². The second-order valence-electron chi connectivity index (χ2n) is 3.59. The van der Waals surface area contributed by atoms with Crippen LogP contribution in [0, 0.1) is 18.3 Å². The number of thiazole rings is 1. The molecule has 1 saturated heterocycles. The number of hydrogen-bond acceptors (Lipinski definition) is 4. The van der Waals surface area contributed by atoms with Crippen molar-refractivity contribution in [3.63, 3.8) is 0 Å². The Morgan fingerprint density at radius 1 is 1.71 bits per heavy atom. The van der Waals surface area contributed by atoms with Crippen LogP contribution < -0.4 is 0 Å². The fourth-order valence-electron chi connectivity index (χ4n) is 1.75. The SMILES string of the molecule is Cc1nc(CC2(C#N)CCCS2)cs1. The molecule has 1 aromatic heterocycles. The summed E-state index contributed by atoms with van der Waals surface area (Å²) in [6.07, 6.45) is 3.00. The van der Waals surface area contributed by atoms with Gasteiger partial charge in [0.1, 0.15) is 4.75 Å². The van der Waals surface area contributed by atoms with Gasteiger partial charge in [-0.25, -0.2) is 4.98 Å². The largest absolute Gasteiger partial charge is 0.247 e. The van der Waals surface area contributed by atoms with E-state index in [2.05, 4.69) is 16.4 Å². The first kappa shape index (κ1) is 10.0. The highest BCUT2D eigenvalue weighted by molar-refractivity contribution is 8.01. The quantitative estimate of drug-likeness (QED) is 0.775. The second kappa shape index (κ2) is 3.92. The van der Waals surface area contributed by atoms with Crippen molar-refractivity contribution in [1.82, 2.24) is 4.98 Å². The summed E-state index contributed by atoms with van der Waals surface area (Å²) < 4.78 is -0.180. The molecule has 2 rings (SSSR count). The van der Waals surface area contributed by atoms with Crippen molar-refractivity contribution in [2.75, 3.05) is 5.75 Å². The van der Waals surface area contributed by atoms with Crippen molar-refractivity contribution < 1.29 is 0 Å². The van der Waals surface area contributed by atoms with Crippen LogP contribution >= 0.6 is 23.1 Å². The van der Waals surface area contributed by atoms with Crippen molar-refractivity contribution in [1.29, 1.82) is 5.26 Å². The summed E-state index contributed by atoms with van der Waals surface area (Å²) >= 11 is 3.46. The number of thioether (sulfide) groups is 1. The Balaban J connectivity index is 2.13. The third-order valence-corrected chi connectivity index (χ3v) is 4.75. The van der Waals surface area contributed by atoms with Crippen molar-refractivity contribution in [2.24, 2.45) is 0 Å². The molecular weight excluding hydrogens is 212 g/mol. The molecule has 0 spiro atoms. The van der Waals surface area contributed by atoms with Gasteiger partial charge in [0.05, 0.1) is 16.8 Å². The Morgan fingerprint density at radius 2 is 2.57 bits per heavy atom. The van der Waals surface area contributed by atoms with Crippen LogP contribution in [0.2, 0.25) is 0 Å². The molecule has 0 aliphatic carbocycles. The summed E-state index contributed by atoms with van der Waals surface area (Å²) in [5.41, 5.74) is 1.09. The number of nitriles is 1. The molecule has 1 aliphatic rings. The third kappa shape index (κ3) is 1.94. The molecule has 0 radical (unpaired) electrons. The van der Waals surface area contributed by atoms with E-state index in [-0.39, 0.29) is 4.75 Å². The number of aryl methyl sites for hydroxylation is 1. The van der Waals surface area contributed by atoms with Crippen LogP contribution in [0.3, 0.4) is 0 Å². The summed E-state index contributed by atoms with van der Waals surface area (Å²) in [5, 5.41) is 12.4. The van der Waals surface area contributed by atoms with Gasteiger partial charge in [0, 0.05) is 11.8 Å². The Labute approximate surface area is 92.4 Å². The fraction of sp³-hybridized carbons (Fsp3) is 0.600. The number of rotatable bonds is 2. The molecule has 2 heterocycles. The van der Waals surface area contributed by atoms with Crippen molar-refractivity contribution in [3.05, 3.63) is 16.1 Å². The molecule has 74 valence electrons. The molecule has 0 amide bonds. The van der Waals surface area contributed by atoms with Crippen molar-refractivity contribution >= 4 is 23.1 Å². The highest BCUT2D eigenvalue weighted by Crippen LogP contribution is 2.40. The van der Waals surface area contributed by atoms with E-state index in [4.69, 9.17) is 0 Å². The van der Waals surface area contributed by atoms with Gasteiger partial charge in [-0.3, -0.25) is 0 Å². The molecule has 0 N–H and O–H groups in total. The Bertz CT molecular complexity index is 358. The first-order chi connectivity index (χ1) is 6.74. The maximum absolute atomic E-state index is 9.19. The Morgan fingerprint density at radius 3 is 3.07 bits per heavy atom. The molecule has 1 atom stereocenters. The van der Waals surface area contributed by atoms with Gasteiger partial charge in [0.2, 0.25) is 0 Å². The summed E-state index contributed by atoms with van der Waals surface area (Å²) in [7, 11) is 0. The monoisotopic (exact) mass is 224 g/mol. The minimum atomic E-state index is -0.180. The smallest absolute Gasteiger partial charge is 0.108 e. The Hall–Kier alpha value is -0.530. The molecule has 0 aromatic carbocycles. The van der Waals surface area contributed by atoms with E-state index < -0.39 is 0 Å². The van der Waals surface area contributed by atoms with Gasteiger partial charge in [-0.15, -0.1) is 23.1 Å². The Kier molecular flexibility index (Phi) is 2.80. The zero-order chi connectivity index (χ0) is 10.0. The standard InChI is InChI=1S/C10H12N2S2/c1-8-12-9(6-13-8)5-10(7-11)3-2-4-14-10/h6H,2-5H2,1H3. The lowest BCUT2D eigenvalue weighted by Gasteiger charge is -2.17. The zero-order valence-corrected chi connectivity index (χ0v) is 9.75. The van der Waals surface area contributed by atoms with Crippen molar-refractivity contribution in [2.45, 2.75) is 30.9 Å². The fourth-order valence-corrected chi connectivity index (χ4v) is 3.64. The average Bonchev–Trinajstić information content (AvgIpc) is 2.77. The van der Waals surface area contributed by atoms with Crippen molar-refractivity contribution in [3.8, 4) is 6.07 Å². The van der Waals surface area contributed by atoms with Crippen LogP contribution in [-0.2, 0) is 6.42 Å². The maximum atomic E-state index is 9.19. The van der Waals surface area contributed by atoms with E-state index in [9.17, 15) is 5.26 Å². The van der Waals surface area contributed by atoms with Crippen LogP contribution in [0.1, 0.15) is 23.5 Å². The first-order valence-corrected chi connectivity index (χ1v) is 6.57. The highest BCUT2D eigenvalue weighted by atomic mass is 32.2. The predicted octanol–water partition coefficient (Wildman–Crippen LogP) is 2.78. The molecule has 1 unspecified atom stereocenters. The van der Waals surface area contributed by atoms with E-state index >= 15 is 0 Å². The lowest BCUT2D eigenvalue weighted by molar-refractivity contribution is 0.664. The molecule has 2 nitrogen and oxygen atoms in total. The molecule has 0 saturated carbocycles. The summed E-state index contributed by atoms with van der Waals surface area (Å²) in [6.45, 7) is 2.01. The lowest BCUT2D eigenvalue weighted by atomic mass is 9.99. The third-order valence-electron chi connectivity index (χ3n) is 2.44. The number of nitrogens with zero attached hydrogens (tertiary/aromatic N) is 2. The topological polar surface area (TPSA) is 36.7 Å². The van der Waals surface area contributed by atoms with E-state index in [1.807, 2.05) is 6.92 Å². The number of hydrogen-bond donors (Lipinski definition) is 0. The van der Waals surface area contributed by atoms with E-state index in [0.29, 0.717) is 0 Å². The molecule has 1 fully saturated rings. The molecule has 0 bridgehead atoms. The lowest BCUT2D eigenvalue weighted by Crippen LogP contribution is -2.21. The molecular formula is C10H12N2S2. The van der Waals surface area contributed by atoms with Gasteiger partial charge in [-0.1, -0.05) is 0 Å². The average molecular weight is 224 g/mol. The zero-order valence-electron chi connectivity index (χ0n) is 8.12.